The van der Waals surface area contributed by atoms with Crippen molar-refractivity contribution in [1.82, 2.24) is 10.6 Å². The average molecular weight is 669 g/mol. The van der Waals surface area contributed by atoms with E-state index in [9.17, 15) is 28.4 Å². The topological polar surface area (TPSA) is 115 Å². The van der Waals surface area contributed by atoms with Crippen molar-refractivity contribution in [3.63, 3.8) is 0 Å². The van der Waals surface area contributed by atoms with Gasteiger partial charge in [0.1, 0.15) is 11.8 Å². The molecule has 0 saturated heterocycles. The zero-order chi connectivity index (χ0) is 32.2. The average Bonchev–Trinajstić information content (AvgIpc) is 3.15. The fourth-order valence-corrected chi connectivity index (χ4v) is 5.35. The van der Waals surface area contributed by atoms with E-state index in [1.807, 2.05) is 12.1 Å². The molecule has 5 rings (SSSR count). The lowest BCUT2D eigenvalue weighted by atomic mass is 10.0. The highest BCUT2D eigenvalue weighted by Crippen LogP contribution is 2.39. The number of halogens is 4. The van der Waals surface area contributed by atoms with Gasteiger partial charge in [0.2, 0.25) is 5.91 Å². The van der Waals surface area contributed by atoms with Crippen molar-refractivity contribution in [2.45, 2.75) is 32.2 Å². The Kier molecular flexibility index (Phi) is 10.8. The first-order valence-electron chi connectivity index (χ1n) is 14.0. The summed E-state index contributed by atoms with van der Waals surface area (Å²) >= 11 is 6.41. The van der Waals surface area contributed by atoms with Crippen LogP contribution in [0, 0.1) is 11.3 Å². The smallest absolute Gasteiger partial charge is 0.387 e. The minimum Gasteiger partial charge on any atom is -0.434 e. The monoisotopic (exact) mass is 667 g/mol. The van der Waals surface area contributed by atoms with Gasteiger partial charge in [0.25, 0.3) is 11.8 Å². The molecular weight excluding hydrogens is 639 g/mol. The predicted molar refractivity (Wildman–Crippen MR) is 174 cm³/mol. The van der Waals surface area contributed by atoms with Gasteiger partial charge in [-0.15, -0.1) is 12.4 Å². The van der Waals surface area contributed by atoms with Crippen molar-refractivity contribution in [3.8, 4) is 11.8 Å². The highest BCUT2D eigenvalue weighted by Gasteiger charge is 2.38. The zero-order valence-corrected chi connectivity index (χ0v) is 26.2. The van der Waals surface area contributed by atoms with Crippen LogP contribution in [0.2, 0.25) is 5.02 Å². The first-order valence-corrected chi connectivity index (χ1v) is 14.3. The van der Waals surface area contributed by atoms with E-state index in [-0.39, 0.29) is 53.2 Å². The molecule has 2 unspecified atom stereocenters. The summed E-state index contributed by atoms with van der Waals surface area (Å²) in [7, 11) is 1.59. The number of alkyl halides is 2. The molecule has 1 aliphatic rings. The molecule has 0 bridgehead atoms. The highest BCUT2D eigenvalue weighted by molar-refractivity contribution is 6.31. The fourth-order valence-electron chi connectivity index (χ4n) is 5.18. The number of hydrogen-bond donors (Lipinski definition) is 2. The maximum Gasteiger partial charge on any atom is 0.387 e. The molecule has 9 nitrogen and oxygen atoms in total. The Morgan fingerprint density at radius 1 is 1.07 bits per heavy atom. The molecule has 0 fully saturated rings. The summed E-state index contributed by atoms with van der Waals surface area (Å²) in [6, 6.07) is 20.9. The van der Waals surface area contributed by atoms with Crippen LogP contribution >= 0.6 is 24.0 Å². The first kappa shape index (κ1) is 34.1. The number of ether oxygens (including phenoxy) is 1. The normalized spacial score (nSPS) is 15.0. The van der Waals surface area contributed by atoms with Crippen LogP contribution in [0.1, 0.15) is 28.4 Å². The van der Waals surface area contributed by atoms with Crippen LogP contribution < -0.4 is 25.2 Å². The number of rotatable bonds is 8. The van der Waals surface area contributed by atoms with Gasteiger partial charge < -0.3 is 25.2 Å². The van der Waals surface area contributed by atoms with E-state index in [4.69, 9.17) is 16.3 Å². The van der Waals surface area contributed by atoms with E-state index in [0.717, 1.165) is 5.39 Å². The summed E-state index contributed by atoms with van der Waals surface area (Å²) in [6.45, 7) is -2.00. The molecule has 238 valence electrons. The molecule has 4 aromatic carbocycles. The number of amides is 3. The summed E-state index contributed by atoms with van der Waals surface area (Å²) in [4.78, 5) is 44.1. The second kappa shape index (κ2) is 14.6. The van der Waals surface area contributed by atoms with Crippen LogP contribution in [0.15, 0.2) is 78.9 Å². The molecule has 0 aromatic heterocycles. The van der Waals surface area contributed by atoms with Crippen LogP contribution in [-0.4, -0.2) is 50.0 Å². The number of carbonyl (C=O) groups excluding carboxylic acids is 3. The van der Waals surface area contributed by atoms with E-state index in [1.54, 1.807) is 50.4 Å². The molecule has 2 atom stereocenters. The second-order valence-electron chi connectivity index (χ2n) is 10.4. The molecule has 0 saturated carbocycles. The minimum absolute atomic E-state index is 0. The van der Waals surface area contributed by atoms with Crippen molar-refractivity contribution in [2.75, 3.05) is 23.4 Å². The standard InChI is InChI=1S/C33H28ClF2N5O4.ClH/c1-19(38-2)30(42)39-26-18-41(31(43)22-9-7-20(16-37)8-10-22)28-15-23(34)12-13-27(28)40(32(26)44)17-25-24-6-4-3-5-21(24)11-14-29(25)45-33(35)36;/h3-15,19,26,33,38H,17-18H2,1-2H3,(H,39,42);1H. The van der Waals surface area contributed by atoms with Crippen LogP contribution in [0.4, 0.5) is 20.2 Å². The van der Waals surface area contributed by atoms with E-state index in [0.29, 0.717) is 16.5 Å². The van der Waals surface area contributed by atoms with E-state index in [2.05, 4.69) is 10.6 Å². The Labute approximate surface area is 275 Å². The molecule has 1 heterocycles. The van der Waals surface area contributed by atoms with E-state index in [1.165, 1.54) is 46.2 Å². The van der Waals surface area contributed by atoms with Gasteiger partial charge in [0.15, 0.2) is 0 Å². The van der Waals surface area contributed by atoms with Crippen LogP contribution in [-0.2, 0) is 16.1 Å². The number of fused-ring (bicyclic) bond motifs is 2. The highest BCUT2D eigenvalue weighted by atomic mass is 35.5. The summed E-state index contributed by atoms with van der Waals surface area (Å²) in [5.74, 6) is -1.70. The molecule has 46 heavy (non-hydrogen) atoms. The second-order valence-corrected chi connectivity index (χ2v) is 10.8. The molecule has 0 aliphatic carbocycles. The molecular formula is C33H29Cl2F2N5O4. The van der Waals surface area contributed by atoms with Gasteiger partial charge in [-0.05, 0) is 73.3 Å². The fraction of sp³-hybridized carbons (Fsp3) is 0.212. The molecule has 0 spiro atoms. The van der Waals surface area contributed by atoms with Crippen molar-refractivity contribution in [2.24, 2.45) is 0 Å². The van der Waals surface area contributed by atoms with Gasteiger partial charge in [-0.1, -0.05) is 41.9 Å². The third-order valence-corrected chi connectivity index (χ3v) is 7.86. The van der Waals surface area contributed by atoms with Crippen LogP contribution in [0.3, 0.4) is 0 Å². The predicted octanol–water partition coefficient (Wildman–Crippen LogP) is 5.67. The lowest BCUT2D eigenvalue weighted by molar-refractivity contribution is -0.128. The number of nitriles is 1. The van der Waals surface area contributed by atoms with Gasteiger partial charge in [0.05, 0.1) is 42.1 Å². The zero-order valence-electron chi connectivity index (χ0n) is 24.7. The van der Waals surface area contributed by atoms with Crippen molar-refractivity contribution in [3.05, 3.63) is 101 Å². The van der Waals surface area contributed by atoms with Gasteiger partial charge in [0, 0.05) is 16.1 Å². The number of nitrogens with one attached hydrogen (secondary N) is 2. The molecule has 0 radical (unpaired) electrons. The quantitative estimate of drug-likeness (QED) is 0.250. The summed E-state index contributed by atoms with van der Waals surface area (Å²) in [6.07, 6.45) is 0. The largest absolute Gasteiger partial charge is 0.434 e. The van der Waals surface area contributed by atoms with Gasteiger partial charge >= 0.3 is 6.61 Å². The molecule has 1 aliphatic heterocycles. The minimum atomic E-state index is -3.12. The summed E-state index contributed by atoms with van der Waals surface area (Å²) in [5.41, 5.74) is 1.43. The van der Waals surface area contributed by atoms with Crippen LogP contribution in [0.5, 0.6) is 5.75 Å². The number of carbonyl (C=O) groups is 3. The number of likely N-dealkylation sites (N-methyl/N-ethyl adjacent to an activating group) is 1. The third-order valence-electron chi connectivity index (χ3n) is 7.63. The van der Waals surface area contributed by atoms with Gasteiger partial charge in [-0.25, -0.2) is 0 Å². The number of hydrogen-bond acceptors (Lipinski definition) is 6. The molecule has 3 amide bonds. The third kappa shape index (κ3) is 7.05. The van der Waals surface area contributed by atoms with Crippen molar-refractivity contribution >= 4 is 63.9 Å². The molecule has 4 aromatic rings. The van der Waals surface area contributed by atoms with Gasteiger partial charge in [-0.2, -0.15) is 14.0 Å². The summed E-state index contributed by atoms with van der Waals surface area (Å²) in [5, 5.41) is 16.4. The Bertz CT molecular complexity index is 1820. The molecule has 13 heteroatoms. The number of benzene rings is 4. The van der Waals surface area contributed by atoms with Gasteiger partial charge in [-0.3, -0.25) is 14.4 Å². The van der Waals surface area contributed by atoms with E-state index < -0.39 is 36.4 Å². The Balaban J connectivity index is 0.00000480. The lowest BCUT2D eigenvalue weighted by Gasteiger charge is -2.27. The maximum atomic E-state index is 14.4. The van der Waals surface area contributed by atoms with Crippen molar-refractivity contribution < 1.29 is 27.9 Å². The first-order chi connectivity index (χ1) is 21.6. The summed E-state index contributed by atoms with van der Waals surface area (Å²) < 4.78 is 32.0. The Morgan fingerprint density at radius 2 is 1.78 bits per heavy atom. The maximum absolute atomic E-state index is 14.4. The number of nitrogens with zero attached hydrogens (tertiary/aromatic N) is 3. The van der Waals surface area contributed by atoms with E-state index >= 15 is 0 Å². The number of anilines is 2. The molecule has 2 N–H and O–H groups in total. The SMILES string of the molecule is CNC(C)C(=O)NC1CN(C(=O)c2ccc(C#N)cc2)c2cc(Cl)ccc2N(Cc2c(OC(F)F)ccc3ccccc23)C1=O.Cl. The van der Waals surface area contributed by atoms with Crippen molar-refractivity contribution in [1.29, 1.82) is 5.26 Å². The Hall–Kier alpha value is -4.76. The van der Waals surface area contributed by atoms with Crippen LogP contribution in [0.25, 0.3) is 10.8 Å². The lowest BCUT2D eigenvalue weighted by Crippen LogP contribution is -2.55. The Morgan fingerprint density at radius 3 is 2.46 bits per heavy atom.